The second-order valence-corrected chi connectivity index (χ2v) is 22.0. The lowest BCUT2D eigenvalue weighted by Crippen LogP contribution is -2.73. The van der Waals surface area contributed by atoms with Crippen LogP contribution in [0.25, 0.3) is 0 Å². The van der Waals surface area contributed by atoms with Gasteiger partial charge in [0.15, 0.2) is 8.32 Å². The summed E-state index contributed by atoms with van der Waals surface area (Å²) < 4.78 is 12.3. The Morgan fingerprint density at radius 2 is 1.29 bits per heavy atom. The first-order valence-electron chi connectivity index (χ1n) is 9.91. The Labute approximate surface area is 173 Å². The van der Waals surface area contributed by atoms with Crippen molar-refractivity contribution in [3.63, 3.8) is 0 Å². The average molecular weight is 434 g/mol. The third-order valence-corrected chi connectivity index (χ3v) is 17.1. The molecule has 1 atom stereocenters. The summed E-state index contributed by atoms with van der Waals surface area (Å²) in [4.78, 5) is 24.8. The van der Waals surface area contributed by atoms with E-state index >= 15 is 0 Å². The molecule has 28 heavy (non-hydrogen) atoms. The van der Waals surface area contributed by atoms with E-state index in [4.69, 9.17) is 9.16 Å². The van der Waals surface area contributed by atoms with Crippen LogP contribution in [0.3, 0.4) is 0 Å². The van der Waals surface area contributed by atoms with Crippen LogP contribution in [0.2, 0.25) is 36.3 Å². The van der Waals surface area contributed by atoms with Crippen LogP contribution in [0.1, 0.15) is 68.7 Å². The molecule has 0 fully saturated rings. The van der Waals surface area contributed by atoms with Crippen molar-refractivity contribution in [1.29, 1.82) is 0 Å². The maximum atomic E-state index is 12.8. The maximum absolute atomic E-state index is 12.8. The van der Waals surface area contributed by atoms with E-state index in [1.54, 1.807) is 20.8 Å². The van der Waals surface area contributed by atoms with Crippen LogP contribution >= 0.6 is 0 Å². The average Bonchev–Trinajstić information content (AvgIpc) is 2.30. The zero-order valence-corrected chi connectivity index (χ0v) is 22.3. The highest BCUT2D eigenvalue weighted by atomic mass is 28.4. The Morgan fingerprint density at radius 1 is 0.857 bits per heavy atom. The van der Waals surface area contributed by atoms with Gasteiger partial charge in [0.25, 0.3) is 0 Å². The third-order valence-electron chi connectivity index (χ3n) is 6.22. The van der Waals surface area contributed by atoms with Gasteiger partial charge in [-0.3, -0.25) is 10.1 Å². The molecule has 1 amide bonds. The van der Waals surface area contributed by atoms with Gasteiger partial charge in [-0.05, 0) is 43.9 Å². The summed E-state index contributed by atoms with van der Waals surface area (Å²) in [6.07, 6.45) is -0.938. The molecule has 6 nitrogen and oxygen atoms in total. The molecule has 0 bridgehead atoms. The number of hydrogen-bond donors (Lipinski definition) is 2. The summed E-state index contributed by atoms with van der Waals surface area (Å²) in [6.45, 7) is 26.2. The first kappa shape index (κ1) is 27.1. The molecule has 0 spiro atoms. The molecule has 1 unspecified atom stereocenters. The summed E-state index contributed by atoms with van der Waals surface area (Å²) >= 11 is 0. The molecule has 166 valence electrons. The van der Waals surface area contributed by atoms with Crippen LogP contribution in [0.15, 0.2) is 0 Å². The second kappa shape index (κ2) is 8.10. The van der Waals surface area contributed by atoms with Gasteiger partial charge in [-0.1, -0.05) is 54.6 Å². The highest BCUT2D eigenvalue weighted by Crippen LogP contribution is 2.48. The summed E-state index contributed by atoms with van der Waals surface area (Å²) in [5.41, 5.74) is -0.691. The minimum absolute atomic E-state index is 0.144. The Kier molecular flexibility index (Phi) is 7.85. The summed E-state index contributed by atoms with van der Waals surface area (Å²) in [7, 11) is -4.97. The molecular formula is C20H43NO5Si2. The number of aliphatic carboxylic acids is 1. The highest BCUT2D eigenvalue weighted by molar-refractivity contribution is 6.84. The molecule has 0 radical (unpaired) electrons. The number of carboxylic acid groups (broad SMARTS) is 1. The standard InChI is InChI=1S/C20H43NO5Si2/c1-17(2,3)25-16(24)21-20(14-15(22)23,27(10,11)18(4,5)6)26-28(12,13)19(7,8)9/h14H2,1-13H3,(H,21,24)(H,22,23). The lowest BCUT2D eigenvalue weighted by molar-refractivity contribution is -0.140. The largest absolute Gasteiger partial charge is 0.481 e. The van der Waals surface area contributed by atoms with Crippen molar-refractivity contribution in [3.05, 3.63) is 0 Å². The number of alkyl carbamates (subject to hydrolysis) is 1. The van der Waals surface area contributed by atoms with Gasteiger partial charge in [0.05, 0.1) is 6.42 Å². The fraction of sp³-hybridized carbons (Fsp3) is 0.900. The minimum Gasteiger partial charge on any atom is -0.481 e. The topological polar surface area (TPSA) is 84.9 Å². The number of rotatable bonds is 6. The van der Waals surface area contributed by atoms with Crippen molar-refractivity contribution in [1.82, 2.24) is 5.32 Å². The quantitative estimate of drug-likeness (QED) is 0.411. The van der Waals surface area contributed by atoms with Crippen LogP contribution in [-0.4, -0.2) is 44.5 Å². The summed E-state index contributed by atoms with van der Waals surface area (Å²) in [6, 6.07) is 0. The Morgan fingerprint density at radius 3 is 1.57 bits per heavy atom. The minimum atomic E-state index is -2.55. The van der Waals surface area contributed by atoms with E-state index in [1.165, 1.54) is 0 Å². The van der Waals surface area contributed by atoms with Crippen LogP contribution < -0.4 is 5.32 Å². The highest BCUT2D eigenvalue weighted by Gasteiger charge is 2.59. The van der Waals surface area contributed by atoms with Crippen molar-refractivity contribution >= 4 is 28.5 Å². The van der Waals surface area contributed by atoms with E-state index in [-0.39, 0.29) is 16.5 Å². The number of carboxylic acids is 1. The van der Waals surface area contributed by atoms with Crippen molar-refractivity contribution in [2.45, 2.75) is 116 Å². The molecule has 0 saturated carbocycles. The van der Waals surface area contributed by atoms with Gasteiger partial charge >= 0.3 is 12.1 Å². The lowest BCUT2D eigenvalue weighted by atomic mass is 10.2. The molecule has 0 heterocycles. The smallest absolute Gasteiger partial charge is 0.409 e. The van der Waals surface area contributed by atoms with Crippen molar-refractivity contribution in [3.8, 4) is 0 Å². The predicted molar refractivity (Wildman–Crippen MR) is 120 cm³/mol. The Hall–Kier alpha value is -0.866. The zero-order valence-electron chi connectivity index (χ0n) is 20.3. The lowest BCUT2D eigenvalue weighted by Gasteiger charge is -2.55. The molecule has 0 aromatic carbocycles. The molecule has 0 aliphatic heterocycles. The van der Waals surface area contributed by atoms with Gasteiger partial charge in [0.1, 0.15) is 19.0 Å². The van der Waals surface area contributed by atoms with Gasteiger partial charge in [-0.25, -0.2) is 4.79 Å². The number of nitrogens with one attached hydrogen (secondary N) is 1. The van der Waals surface area contributed by atoms with Crippen LogP contribution in [0, 0.1) is 0 Å². The summed E-state index contributed by atoms with van der Waals surface area (Å²) in [5, 5.41) is 11.1. The van der Waals surface area contributed by atoms with E-state index in [1.807, 2.05) is 0 Å². The fourth-order valence-corrected chi connectivity index (χ4v) is 7.79. The van der Waals surface area contributed by atoms with Crippen LogP contribution in [0.5, 0.6) is 0 Å². The van der Waals surface area contributed by atoms with E-state index in [0.717, 1.165) is 0 Å². The monoisotopic (exact) mass is 433 g/mol. The molecule has 0 aromatic rings. The SMILES string of the molecule is CC(C)(C)OC(=O)NC(CC(=O)O)(O[Si](C)(C)C(C)(C)C)[Si](C)(C)C(C)(C)C. The molecule has 0 rings (SSSR count). The van der Waals surface area contributed by atoms with Gasteiger partial charge in [0.2, 0.25) is 0 Å². The van der Waals surface area contributed by atoms with Crippen molar-refractivity contribution < 1.29 is 23.9 Å². The molecule has 0 aliphatic carbocycles. The number of carbonyl (C=O) groups excluding carboxylic acids is 1. The molecule has 0 saturated heterocycles. The predicted octanol–water partition coefficient (Wildman–Crippen LogP) is 5.75. The first-order chi connectivity index (χ1) is 12.0. The van der Waals surface area contributed by atoms with Crippen LogP contribution in [0.4, 0.5) is 4.79 Å². The van der Waals surface area contributed by atoms with E-state index in [2.05, 4.69) is 73.0 Å². The van der Waals surface area contributed by atoms with E-state index in [0.29, 0.717) is 0 Å². The normalized spacial score (nSPS) is 16.3. The van der Waals surface area contributed by atoms with Crippen molar-refractivity contribution in [2.75, 3.05) is 0 Å². The third kappa shape index (κ3) is 6.59. The number of ether oxygens (including phenoxy) is 1. The molecule has 8 heteroatoms. The second-order valence-electron chi connectivity index (χ2n) is 11.8. The van der Waals surface area contributed by atoms with Gasteiger partial charge < -0.3 is 14.3 Å². The fourth-order valence-electron chi connectivity index (χ4n) is 2.49. The number of amides is 1. The first-order valence-corrected chi connectivity index (χ1v) is 15.8. The molecular weight excluding hydrogens is 390 g/mol. The molecule has 0 aromatic heterocycles. The number of hydrogen-bond acceptors (Lipinski definition) is 4. The van der Waals surface area contributed by atoms with Gasteiger partial charge in [-0.15, -0.1) is 0 Å². The van der Waals surface area contributed by atoms with E-state index < -0.39 is 39.4 Å². The molecule has 0 aliphatic rings. The van der Waals surface area contributed by atoms with Crippen molar-refractivity contribution in [2.24, 2.45) is 0 Å². The molecule has 2 N–H and O–H groups in total. The number of carbonyl (C=O) groups is 2. The maximum Gasteiger partial charge on any atom is 0.409 e. The van der Waals surface area contributed by atoms with E-state index in [9.17, 15) is 14.7 Å². The van der Waals surface area contributed by atoms with Gasteiger partial charge in [-0.2, -0.15) is 0 Å². The van der Waals surface area contributed by atoms with Gasteiger partial charge in [0, 0.05) is 0 Å². The Balaban J connectivity index is 6.56. The van der Waals surface area contributed by atoms with Crippen LogP contribution in [-0.2, 0) is 14.0 Å². The summed E-state index contributed by atoms with van der Waals surface area (Å²) in [5.74, 6) is -1.00. The Bertz CT molecular complexity index is 583. The zero-order chi connectivity index (χ0) is 23.0.